The SMILES string of the molecule is CCCCOc1cc(OC)cc(-n2cc(C(=O)N(CC)c3cc(F)cc(F)c3)c(=O)c3ccc(OCCCCCCCBr)cc32)c1. The Balaban J connectivity index is 1.81. The summed E-state index contributed by atoms with van der Waals surface area (Å²) < 4.78 is 47.6. The number of ether oxygens (including phenoxy) is 3. The van der Waals surface area contributed by atoms with Gasteiger partial charge in [0.05, 0.1) is 31.5 Å². The molecule has 246 valence electrons. The zero-order valence-corrected chi connectivity index (χ0v) is 28.2. The Morgan fingerprint density at radius 1 is 0.826 bits per heavy atom. The second-order valence-electron chi connectivity index (χ2n) is 11.0. The number of halogens is 3. The predicted octanol–water partition coefficient (Wildman–Crippen LogP) is 8.85. The maximum absolute atomic E-state index is 14.1. The van der Waals surface area contributed by atoms with E-state index in [0.717, 1.165) is 62.1 Å². The molecule has 4 aromatic rings. The number of pyridine rings is 1. The molecule has 0 saturated carbocycles. The topological polar surface area (TPSA) is 70.0 Å². The van der Waals surface area contributed by atoms with E-state index in [1.807, 2.05) is 6.07 Å². The number of nitrogens with zero attached hydrogens (tertiary/aromatic N) is 2. The summed E-state index contributed by atoms with van der Waals surface area (Å²) in [4.78, 5) is 29.0. The van der Waals surface area contributed by atoms with Gasteiger partial charge in [0.15, 0.2) is 0 Å². The molecule has 1 heterocycles. The first kappa shape index (κ1) is 34.9. The maximum Gasteiger partial charge on any atom is 0.263 e. The minimum atomic E-state index is -0.824. The summed E-state index contributed by atoms with van der Waals surface area (Å²) >= 11 is 3.46. The first-order chi connectivity index (χ1) is 22.3. The molecule has 0 radical (unpaired) electrons. The van der Waals surface area contributed by atoms with E-state index in [-0.39, 0.29) is 23.2 Å². The lowest BCUT2D eigenvalue weighted by molar-refractivity contribution is 0.0987. The number of alkyl halides is 1. The Hall–Kier alpha value is -3.92. The van der Waals surface area contributed by atoms with Gasteiger partial charge in [-0.05, 0) is 50.5 Å². The molecule has 0 saturated heterocycles. The standard InChI is InChI=1S/C36H41BrF2N2O5/c1-4-6-15-46-31-21-28(20-30(22-31)44-3)41-24-33(36(43)40(5-2)27-18-25(38)17-26(39)19-27)35(42)32-13-12-29(23-34(32)41)45-16-11-9-7-8-10-14-37/h12-13,17-24H,4-11,14-16H2,1-3H3. The summed E-state index contributed by atoms with van der Waals surface area (Å²) in [7, 11) is 1.55. The molecular weight excluding hydrogens is 658 g/mol. The average molecular weight is 700 g/mol. The Labute approximate surface area is 277 Å². The van der Waals surface area contributed by atoms with Crippen molar-refractivity contribution >= 4 is 38.4 Å². The quantitative estimate of drug-likeness (QED) is 0.0814. The molecule has 46 heavy (non-hydrogen) atoms. The van der Waals surface area contributed by atoms with E-state index in [9.17, 15) is 18.4 Å². The van der Waals surface area contributed by atoms with Crippen molar-refractivity contribution in [3.8, 4) is 22.9 Å². The number of carbonyl (C=O) groups excluding carboxylic acids is 1. The summed E-state index contributed by atoms with van der Waals surface area (Å²) in [5, 5.41) is 1.29. The number of unbranched alkanes of at least 4 members (excludes halogenated alkanes) is 5. The molecule has 7 nitrogen and oxygen atoms in total. The lowest BCUT2D eigenvalue weighted by atomic mass is 10.1. The van der Waals surface area contributed by atoms with Gasteiger partial charge in [0, 0.05) is 59.5 Å². The van der Waals surface area contributed by atoms with Gasteiger partial charge < -0.3 is 23.7 Å². The molecule has 0 N–H and O–H groups in total. The molecule has 0 aliphatic heterocycles. The number of aromatic nitrogens is 1. The van der Waals surface area contributed by atoms with Crippen molar-refractivity contribution in [2.45, 2.75) is 58.8 Å². The molecule has 0 atom stereocenters. The number of anilines is 1. The minimum absolute atomic E-state index is 0.0139. The molecule has 0 fully saturated rings. The van der Waals surface area contributed by atoms with Crippen LogP contribution in [0.5, 0.6) is 17.2 Å². The summed E-state index contributed by atoms with van der Waals surface area (Å²) in [5.74, 6) is -0.642. The van der Waals surface area contributed by atoms with Gasteiger partial charge >= 0.3 is 0 Å². The molecule has 3 aromatic carbocycles. The molecule has 1 aromatic heterocycles. The second-order valence-corrected chi connectivity index (χ2v) is 11.8. The van der Waals surface area contributed by atoms with Gasteiger partial charge in [0.25, 0.3) is 5.91 Å². The number of fused-ring (bicyclic) bond motifs is 1. The number of hydrogen-bond acceptors (Lipinski definition) is 5. The highest BCUT2D eigenvalue weighted by molar-refractivity contribution is 9.09. The smallest absolute Gasteiger partial charge is 0.263 e. The number of methoxy groups -OCH3 is 1. The van der Waals surface area contributed by atoms with Gasteiger partial charge in [-0.15, -0.1) is 0 Å². The van der Waals surface area contributed by atoms with E-state index in [0.29, 0.717) is 41.7 Å². The van der Waals surface area contributed by atoms with Gasteiger partial charge in [0.1, 0.15) is 34.4 Å². The number of hydrogen-bond donors (Lipinski definition) is 0. The summed E-state index contributed by atoms with van der Waals surface area (Å²) in [6.45, 7) is 4.88. The zero-order chi connectivity index (χ0) is 33.1. The molecular formula is C36H41BrF2N2O5. The van der Waals surface area contributed by atoms with Gasteiger partial charge in [-0.3, -0.25) is 9.59 Å². The van der Waals surface area contributed by atoms with Crippen molar-refractivity contribution in [3.05, 3.63) is 88.2 Å². The van der Waals surface area contributed by atoms with Crippen molar-refractivity contribution in [2.24, 2.45) is 0 Å². The third-order valence-electron chi connectivity index (χ3n) is 7.62. The third kappa shape index (κ3) is 8.87. The molecule has 1 amide bonds. The number of benzene rings is 3. The number of carbonyl (C=O) groups is 1. The van der Waals surface area contributed by atoms with Crippen LogP contribution in [-0.2, 0) is 0 Å². The van der Waals surface area contributed by atoms with E-state index < -0.39 is 23.0 Å². The van der Waals surface area contributed by atoms with Crippen LogP contribution < -0.4 is 24.5 Å². The van der Waals surface area contributed by atoms with Crippen LogP contribution in [0.25, 0.3) is 16.6 Å². The predicted molar refractivity (Wildman–Crippen MR) is 183 cm³/mol. The van der Waals surface area contributed by atoms with Crippen LogP contribution >= 0.6 is 15.9 Å². The van der Waals surface area contributed by atoms with Crippen molar-refractivity contribution in [2.75, 3.05) is 37.1 Å². The minimum Gasteiger partial charge on any atom is -0.497 e. The third-order valence-corrected chi connectivity index (χ3v) is 8.18. The van der Waals surface area contributed by atoms with Crippen LogP contribution in [0.15, 0.2) is 65.6 Å². The van der Waals surface area contributed by atoms with Crippen LogP contribution in [0, 0.1) is 11.6 Å². The van der Waals surface area contributed by atoms with Crippen molar-refractivity contribution in [1.82, 2.24) is 4.57 Å². The van der Waals surface area contributed by atoms with Crippen LogP contribution in [0.3, 0.4) is 0 Å². The Kier molecular flexibility index (Phi) is 13.0. The Morgan fingerprint density at radius 3 is 2.20 bits per heavy atom. The first-order valence-corrected chi connectivity index (χ1v) is 16.9. The highest BCUT2D eigenvalue weighted by Gasteiger charge is 2.24. The van der Waals surface area contributed by atoms with Crippen LogP contribution in [0.2, 0.25) is 0 Å². The van der Waals surface area contributed by atoms with E-state index in [4.69, 9.17) is 14.2 Å². The van der Waals surface area contributed by atoms with Crippen molar-refractivity contribution in [1.29, 1.82) is 0 Å². The fraction of sp³-hybridized carbons (Fsp3) is 0.389. The molecule has 0 unspecified atom stereocenters. The van der Waals surface area contributed by atoms with Crippen LogP contribution in [0.1, 0.15) is 69.2 Å². The molecule has 0 aliphatic carbocycles. The van der Waals surface area contributed by atoms with Crippen LogP contribution in [0.4, 0.5) is 14.5 Å². The first-order valence-electron chi connectivity index (χ1n) is 15.8. The summed E-state index contributed by atoms with van der Waals surface area (Å²) in [6, 6.07) is 13.4. The van der Waals surface area contributed by atoms with E-state index in [1.54, 1.807) is 48.9 Å². The summed E-state index contributed by atoms with van der Waals surface area (Å²) in [6.07, 6.45) is 8.72. The average Bonchev–Trinajstić information content (AvgIpc) is 3.04. The monoisotopic (exact) mass is 698 g/mol. The van der Waals surface area contributed by atoms with Gasteiger partial charge in [-0.25, -0.2) is 8.78 Å². The molecule has 0 spiro atoms. The van der Waals surface area contributed by atoms with E-state index >= 15 is 0 Å². The fourth-order valence-electron chi connectivity index (χ4n) is 5.19. The normalized spacial score (nSPS) is 11.1. The van der Waals surface area contributed by atoms with Crippen molar-refractivity contribution in [3.63, 3.8) is 0 Å². The highest BCUT2D eigenvalue weighted by Crippen LogP contribution is 2.30. The molecule has 0 bridgehead atoms. The lowest BCUT2D eigenvalue weighted by Crippen LogP contribution is -2.35. The molecule has 0 aliphatic rings. The van der Waals surface area contributed by atoms with E-state index in [1.165, 1.54) is 17.5 Å². The Bertz CT molecular complexity index is 1670. The maximum atomic E-state index is 14.1. The van der Waals surface area contributed by atoms with Gasteiger partial charge in [-0.1, -0.05) is 48.5 Å². The molecule has 4 rings (SSSR count). The largest absolute Gasteiger partial charge is 0.497 e. The van der Waals surface area contributed by atoms with Crippen LogP contribution in [-0.4, -0.2) is 42.7 Å². The second kappa shape index (κ2) is 17.1. The van der Waals surface area contributed by atoms with Gasteiger partial charge in [-0.2, -0.15) is 0 Å². The zero-order valence-electron chi connectivity index (χ0n) is 26.6. The summed E-state index contributed by atoms with van der Waals surface area (Å²) in [5.41, 5.74) is 0.456. The lowest BCUT2D eigenvalue weighted by Gasteiger charge is -2.22. The van der Waals surface area contributed by atoms with Gasteiger partial charge in [0.2, 0.25) is 5.43 Å². The molecule has 10 heteroatoms. The number of rotatable bonds is 17. The number of amides is 1. The van der Waals surface area contributed by atoms with Crippen molar-refractivity contribution < 1.29 is 27.8 Å². The fourth-order valence-corrected chi connectivity index (χ4v) is 5.59. The highest BCUT2D eigenvalue weighted by atomic mass is 79.9. The Morgan fingerprint density at radius 2 is 1.50 bits per heavy atom. The van der Waals surface area contributed by atoms with E-state index in [2.05, 4.69) is 22.9 Å².